The molecule has 0 saturated carbocycles. The molecular weight excluding hydrogens is 518 g/mol. The lowest BCUT2D eigenvalue weighted by Gasteiger charge is -2.12. The fourth-order valence-electron chi connectivity index (χ4n) is 3.34. The Labute approximate surface area is 223 Å². The van der Waals surface area contributed by atoms with Crippen LogP contribution in [0.25, 0.3) is 0 Å². The standard InChI is InChI=1S/C26H26ClN3O6S/c1-5-35-25(32)22-15(2)23(16(3)31)37-24(22)29-26(33)30-28-13-17-10-11-20(21(12-17)34-4)36-14-18-8-6-7-9-19(18)27/h6-13H,5,14H2,1-4H3,(H2,29,30,33). The molecule has 0 bridgehead atoms. The highest BCUT2D eigenvalue weighted by Gasteiger charge is 2.25. The number of benzene rings is 2. The summed E-state index contributed by atoms with van der Waals surface area (Å²) < 4.78 is 16.3. The van der Waals surface area contributed by atoms with Gasteiger partial charge in [0.25, 0.3) is 0 Å². The predicted molar refractivity (Wildman–Crippen MR) is 144 cm³/mol. The van der Waals surface area contributed by atoms with Crippen LogP contribution in [0.4, 0.5) is 9.80 Å². The highest BCUT2D eigenvalue weighted by molar-refractivity contribution is 7.18. The van der Waals surface area contributed by atoms with Gasteiger partial charge in [-0.3, -0.25) is 10.1 Å². The van der Waals surface area contributed by atoms with Crippen LogP contribution < -0.4 is 20.2 Å². The third kappa shape index (κ3) is 7.08. The van der Waals surface area contributed by atoms with Crippen LogP contribution in [-0.4, -0.2) is 37.7 Å². The van der Waals surface area contributed by atoms with Gasteiger partial charge in [-0.1, -0.05) is 29.8 Å². The Morgan fingerprint density at radius 1 is 1.14 bits per heavy atom. The number of nitrogens with zero attached hydrogens (tertiary/aromatic N) is 1. The van der Waals surface area contributed by atoms with Crippen LogP contribution >= 0.6 is 22.9 Å². The molecule has 0 aliphatic heterocycles. The topological polar surface area (TPSA) is 115 Å². The monoisotopic (exact) mass is 543 g/mol. The number of ketones is 1. The number of hydrogen-bond donors (Lipinski definition) is 2. The number of carbonyl (C=O) groups excluding carboxylic acids is 3. The number of amides is 2. The molecule has 2 N–H and O–H groups in total. The van der Waals surface area contributed by atoms with E-state index >= 15 is 0 Å². The maximum atomic E-state index is 12.4. The highest BCUT2D eigenvalue weighted by Crippen LogP contribution is 2.34. The average Bonchev–Trinajstić information content (AvgIpc) is 3.19. The SMILES string of the molecule is CCOC(=O)c1c(NC(=O)NN=Cc2ccc(OCc3ccccc3Cl)c(OC)c2)sc(C(C)=O)c1C. The van der Waals surface area contributed by atoms with Crippen molar-refractivity contribution in [3.05, 3.63) is 74.6 Å². The summed E-state index contributed by atoms with van der Waals surface area (Å²) in [7, 11) is 1.52. The van der Waals surface area contributed by atoms with E-state index in [4.69, 9.17) is 25.8 Å². The number of methoxy groups -OCH3 is 1. The molecule has 3 rings (SSSR count). The van der Waals surface area contributed by atoms with Gasteiger partial charge in [-0.25, -0.2) is 15.0 Å². The normalized spacial score (nSPS) is 10.7. The number of hydrazone groups is 1. The van der Waals surface area contributed by atoms with E-state index in [0.717, 1.165) is 16.9 Å². The minimum atomic E-state index is -0.690. The minimum Gasteiger partial charge on any atom is -0.493 e. The molecule has 0 aliphatic rings. The molecule has 0 spiro atoms. The molecule has 1 heterocycles. The van der Waals surface area contributed by atoms with Gasteiger partial charge >= 0.3 is 12.0 Å². The molecule has 0 unspecified atom stereocenters. The third-order valence-corrected chi connectivity index (χ3v) is 6.76. The molecule has 3 aromatic rings. The largest absolute Gasteiger partial charge is 0.493 e. The van der Waals surface area contributed by atoms with E-state index in [1.165, 1.54) is 20.2 Å². The Hall–Kier alpha value is -3.89. The summed E-state index contributed by atoms with van der Waals surface area (Å²) in [5.41, 5.74) is 4.43. The first-order chi connectivity index (χ1) is 17.7. The van der Waals surface area contributed by atoms with Gasteiger partial charge in [-0.15, -0.1) is 11.3 Å². The van der Waals surface area contributed by atoms with Crippen molar-refractivity contribution in [2.24, 2.45) is 5.10 Å². The molecule has 2 amide bonds. The summed E-state index contributed by atoms with van der Waals surface area (Å²) in [5, 5.41) is 7.33. The summed E-state index contributed by atoms with van der Waals surface area (Å²) in [6.45, 7) is 5.13. The van der Waals surface area contributed by atoms with Crippen LogP contribution in [-0.2, 0) is 11.3 Å². The van der Waals surface area contributed by atoms with Crippen LogP contribution in [0.2, 0.25) is 5.02 Å². The average molecular weight is 544 g/mol. The first-order valence-electron chi connectivity index (χ1n) is 11.2. The maximum absolute atomic E-state index is 12.4. The van der Waals surface area contributed by atoms with Gasteiger partial charge in [-0.05, 0) is 56.2 Å². The number of esters is 1. The van der Waals surface area contributed by atoms with E-state index in [-0.39, 0.29) is 29.6 Å². The number of halogens is 1. The quantitative estimate of drug-likeness (QED) is 0.144. The lowest BCUT2D eigenvalue weighted by atomic mass is 10.1. The second-order valence-corrected chi connectivity index (χ2v) is 9.08. The maximum Gasteiger partial charge on any atom is 0.341 e. The number of ether oxygens (including phenoxy) is 3. The van der Waals surface area contributed by atoms with Crippen molar-refractivity contribution in [3.8, 4) is 11.5 Å². The Bertz CT molecular complexity index is 1340. The van der Waals surface area contributed by atoms with Gasteiger partial charge in [0.2, 0.25) is 0 Å². The van der Waals surface area contributed by atoms with Crippen molar-refractivity contribution in [1.82, 2.24) is 5.43 Å². The second-order valence-electron chi connectivity index (χ2n) is 7.65. The van der Waals surface area contributed by atoms with E-state index < -0.39 is 12.0 Å². The summed E-state index contributed by atoms with van der Waals surface area (Å²) >= 11 is 7.18. The number of urea groups is 1. The summed E-state index contributed by atoms with van der Waals surface area (Å²) in [4.78, 5) is 37.1. The Kier molecular flexibility index (Phi) is 9.64. The van der Waals surface area contributed by atoms with Gasteiger partial charge in [0.15, 0.2) is 17.3 Å². The number of Topliss-reactive ketones (excluding diaryl/α,β-unsaturated/α-hetero) is 1. The molecule has 37 heavy (non-hydrogen) atoms. The van der Waals surface area contributed by atoms with E-state index in [0.29, 0.717) is 32.5 Å². The molecule has 1 aromatic heterocycles. The van der Waals surface area contributed by atoms with E-state index in [9.17, 15) is 14.4 Å². The predicted octanol–water partition coefficient (Wildman–Crippen LogP) is 5.83. The first kappa shape index (κ1) is 27.7. The molecule has 0 fully saturated rings. The first-order valence-corrected chi connectivity index (χ1v) is 12.4. The lowest BCUT2D eigenvalue weighted by molar-refractivity contribution is 0.0527. The summed E-state index contributed by atoms with van der Waals surface area (Å²) in [6.07, 6.45) is 1.42. The van der Waals surface area contributed by atoms with Gasteiger partial charge in [0, 0.05) is 10.6 Å². The summed E-state index contributed by atoms with van der Waals surface area (Å²) in [5.74, 6) is 0.163. The highest BCUT2D eigenvalue weighted by atomic mass is 35.5. The van der Waals surface area contributed by atoms with Gasteiger partial charge in [0.05, 0.1) is 30.4 Å². The van der Waals surface area contributed by atoms with Crippen molar-refractivity contribution < 1.29 is 28.6 Å². The van der Waals surface area contributed by atoms with Gasteiger partial charge < -0.3 is 14.2 Å². The van der Waals surface area contributed by atoms with Crippen LogP contribution in [0.15, 0.2) is 47.6 Å². The Morgan fingerprint density at radius 3 is 2.57 bits per heavy atom. The molecule has 0 saturated heterocycles. The minimum absolute atomic E-state index is 0.147. The molecule has 0 aliphatic carbocycles. The summed E-state index contributed by atoms with van der Waals surface area (Å²) in [6, 6.07) is 11.9. The Morgan fingerprint density at radius 2 is 1.89 bits per heavy atom. The van der Waals surface area contributed by atoms with Crippen molar-refractivity contribution in [3.63, 3.8) is 0 Å². The molecule has 2 aromatic carbocycles. The zero-order valence-corrected chi connectivity index (χ0v) is 22.3. The Balaban J connectivity index is 1.66. The third-order valence-electron chi connectivity index (χ3n) is 5.08. The van der Waals surface area contributed by atoms with Crippen molar-refractivity contribution in [2.45, 2.75) is 27.4 Å². The van der Waals surface area contributed by atoms with E-state index in [1.54, 1.807) is 38.1 Å². The van der Waals surface area contributed by atoms with E-state index in [1.807, 2.05) is 18.2 Å². The number of hydrogen-bond acceptors (Lipinski definition) is 8. The van der Waals surface area contributed by atoms with Crippen LogP contribution in [0.1, 0.15) is 50.6 Å². The van der Waals surface area contributed by atoms with Crippen molar-refractivity contribution in [1.29, 1.82) is 0 Å². The zero-order chi connectivity index (χ0) is 26.9. The second kappa shape index (κ2) is 12.9. The molecule has 11 heteroatoms. The van der Waals surface area contributed by atoms with Gasteiger partial charge in [-0.2, -0.15) is 5.10 Å². The zero-order valence-electron chi connectivity index (χ0n) is 20.7. The fourth-order valence-corrected chi connectivity index (χ4v) is 4.61. The molecule has 0 atom stereocenters. The molecule has 0 radical (unpaired) electrons. The van der Waals surface area contributed by atoms with Gasteiger partial charge in [0.1, 0.15) is 11.6 Å². The molecule has 194 valence electrons. The molecule has 9 nitrogen and oxygen atoms in total. The van der Waals surface area contributed by atoms with Crippen LogP contribution in [0, 0.1) is 6.92 Å². The van der Waals surface area contributed by atoms with Crippen LogP contribution in [0.5, 0.6) is 11.5 Å². The number of anilines is 1. The lowest BCUT2D eigenvalue weighted by Crippen LogP contribution is -2.24. The number of rotatable bonds is 10. The molecular formula is C26H26ClN3O6S. The fraction of sp³-hybridized carbons (Fsp3) is 0.231. The number of nitrogens with one attached hydrogen (secondary N) is 2. The number of carbonyl (C=O) groups is 3. The van der Waals surface area contributed by atoms with Crippen molar-refractivity contribution >= 4 is 51.9 Å². The van der Waals surface area contributed by atoms with Crippen molar-refractivity contribution in [2.75, 3.05) is 19.0 Å². The van der Waals surface area contributed by atoms with E-state index in [2.05, 4.69) is 15.8 Å². The van der Waals surface area contributed by atoms with Crippen LogP contribution in [0.3, 0.4) is 0 Å². The smallest absolute Gasteiger partial charge is 0.341 e. The number of thiophene rings is 1.